The number of hydrogen-bond acceptors (Lipinski definition) is 4. The Kier molecular flexibility index (Phi) is 4.73. The summed E-state index contributed by atoms with van der Waals surface area (Å²) in [6.07, 6.45) is 6.83. The minimum atomic E-state index is 0.172. The number of ether oxygens (including phenoxy) is 2. The lowest BCUT2D eigenvalue weighted by molar-refractivity contribution is 0.217. The van der Waals surface area contributed by atoms with Gasteiger partial charge in [0.2, 0.25) is 0 Å². The minimum Gasteiger partial charge on any atom is -0.504 e. The van der Waals surface area contributed by atoms with Gasteiger partial charge in [-0.25, -0.2) is 0 Å². The molecule has 2 aliphatic rings. The van der Waals surface area contributed by atoms with Crippen molar-refractivity contribution >= 4 is 5.69 Å². The summed E-state index contributed by atoms with van der Waals surface area (Å²) in [6.45, 7) is 4.24. The van der Waals surface area contributed by atoms with Gasteiger partial charge in [-0.3, -0.25) is 0 Å². The first-order valence-corrected chi connectivity index (χ1v) is 9.71. The van der Waals surface area contributed by atoms with Gasteiger partial charge in [-0.1, -0.05) is 25.1 Å². The summed E-state index contributed by atoms with van der Waals surface area (Å²) in [5.74, 6) is 2.43. The lowest BCUT2D eigenvalue weighted by atomic mass is 9.77. The molecule has 0 saturated carbocycles. The molecular weight excluding hydrogens is 338 g/mol. The van der Waals surface area contributed by atoms with Crippen LogP contribution in [0.3, 0.4) is 0 Å². The third kappa shape index (κ3) is 3.25. The number of phenolic OH excluding ortho intramolecular Hbond substituents is 1. The summed E-state index contributed by atoms with van der Waals surface area (Å²) in [7, 11) is 1.58. The van der Waals surface area contributed by atoms with Crippen LogP contribution in [0.1, 0.15) is 49.8 Å². The molecule has 1 aliphatic heterocycles. The molecule has 0 radical (unpaired) electrons. The minimum absolute atomic E-state index is 0.172. The van der Waals surface area contributed by atoms with E-state index in [1.54, 1.807) is 13.2 Å². The molecule has 4 nitrogen and oxygen atoms in total. The predicted molar refractivity (Wildman–Crippen MR) is 108 cm³/mol. The normalized spacial score (nSPS) is 23.9. The van der Waals surface area contributed by atoms with Crippen LogP contribution in [0.15, 0.2) is 48.6 Å². The molecule has 27 heavy (non-hydrogen) atoms. The number of aromatic hydroxyl groups is 1. The van der Waals surface area contributed by atoms with Crippen molar-refractivity contribution in [1.29, 1.82) is 0 Å². The fraction of sp³-hybridized carbons (Fsp3) is 0.391. The average molecular weight is 365 g/mol. The molecule has 4 rings (SSSR count). The lowest BCUT2D eigenvalue weighted by Gasteiger charge is -2.38. The van der Waals surface area contributed by atoms with E-state index in [0.717, 1.165) is 29.8 Å². The zero-order valence-corrected chi connectivity index (χ0v) is 16.1. The van der Waals surface area contributed by atoms with Crippen LogP contribution in [0.5, 0.6) is 17.2 Å². The van der Waals surface area contributed by atoms with Crippen LogP contribution >= 0.6 is 0 Å². The fourth-order valence-corrected chi connectivity index (χ4v) is 4.18. The van der Waals surface area contributed by atoms with Crippen LogP contribution in [0.4, 0.5) is 5.69 Å². The van der Waals surface area contributed by atoms with Crippen LogP contribution < -0.4 is 14.8 Å². The van der Waals surface area contributed by atoms with E-state index >= 15 is 0 Å². The maximum absolute atomic E-state index is 9.93. The van der Waals surface area contributed by atoms with Crippen molar-refractivity contribution in [3.8, 4) is 17.2 Å². The molecule has 4 atom stereocenters. The number of nitrogens with one attached hydrogen (secondary N) is 1. The Morgan fingerprint density at radius 1 is 1.22 bits per heavy atom. The zero-order valence-electron chi connectivity index (χ0n) is 16.1. The number of methoxy groups -OCH3 is 1. The maximum Gasteiger partial charge on any atom is 0.160 e. The Labute approximate surface area is 160 Å². The van der Waals surface area contributed by atoms with Gasteiger partial charge in [-0.2, -0.15) is 0 Å². The lowest BCUT2D eigenvalue weighted by Crippen LogP contribution is -2.29. The first-order chi connectivity index (χ1) is 13.1. The molecule has 2 aromatic rings. The van der Waals surface area contributed by atoms with Gasteiger partial charge in [0.05, 0.1) is 19.3 Å². The van der Waals surface area contributed by atoms with Gasteiger partial charge < -0.3 is 19.9 Å². The van der Waals surface area contributed by atoms with Gasteiger partial charge in [0.1, 0.15) is 5.75 Å². The Hall–Kier alpha value is -2.62. The van der Waals surface area contributed by atoms with Gasteiger partial charge in [0.15, 0.2) is 11.5 Å². The third-order valence-electron chi connectivity index (χ3n) is 5.81. The summed E-state index contributed by atoms with van der Waals surface area (Å²) in [4.78, 5) is 0. The van der Waals surface area contributed by atoms with Crippen LogP contribution in [0, 0.1) is 5.92 Å². The van der Waals surface area contributed by atoms with Crippen LogP contribution in [-0.4, -0.2) is 18.3 Å². The highest BCUT2D eigenvalue weighted by Crippen LogP contribution is 2.51. The van der Waals surface area contributed by atoms with Gasteiger partial charge in [-0.15, -0.1) is 0 Å². The van der Waals surface area contributed by atoms with Gasteiger partial charge >= 0.3 is 0 Å². The highest BCUT2D eigenvalue weighted by atomic mass is 16.5. The van der Waals surface area contributed by atoms with Crippen molar-refractivity contribution in [3.63, 3.8) is 0 Å². The van der Waals surface area contributed by atoms with Crippen LogP contribution in [0.25, 0.3) is 0 Å². The zero-order chi connectivity index (χ0) is 19.0. The molecule has 0 spiro atoms. The number of phenols is 1. The standard InChI is InChI=1S/C23H27NO3/c1-4-14(2)27-16-9-10-20-19(13-16)17-6-5-7-18(17)23(24-20)15-8-11-21(25)22(12-15)26-3/h5-6,8-14,17-18,23-25H,4,7H2,1-3H3. The molecule has 2 aromatic carbocycles. The topological polar surface area (TPSA) is 50.7 Å². The second-order valence-electron chi connectivity index (χ2n) is 7.49. The third-order valence-corrected chi connectivity index (χ3v) is 5.81. The van der Waals surface area contributed by atoms with Crippen LogP contribution in [0.2, 0.25) is 0 Å². The number of benzene rings is 2. The van der Waals surface area contributed by atoms with Gasteiger partial charge in [0, 0.05) is 11.6 Å². The van der Waals surface area contributed by atoms with E-state index in [1.807, 2.05) is 18.2 Å². The van der Waals surface area contributed by atoms with E-state index in [-0.39, 0.29) is 17.9 Å². The second kappa shape index (κ2) is 7.18. The Bertz CT molecular complexity index is 861. The smallest absolute Gasteiger partial charge is 0.160 e. The monoisotopic (exact) mass is 365 g/mol. The summed E-state index contributed by atoms with van der Waals surface area (Å²) in [5, 5.41) is 13.6. The van der Waals surface area contributed by atoms with Crippen LogP contribution in [-0.2, 0) is 0 Å². The largest absolute Gasteiger partial charge is 0.504 e. The summed E-state index contributed by atoms with van der Waals surface area (Å²) < 4.78 is 11.3. The summed E-state index contributed by atoms with van der Waals surface area (Å²) in [5.41, 5.74) is 3.59. The van der Waals surface area contributed by atoms with Crippen molar-refractivity contribution in [2.24, 2.45) is 5.92 Å². The molecule has 0 saturated heterocycles. The van der Waals surface area contributed by atoms with E-state index in [1.165, 1.54) is 5.56 Å². The average Bonchev–Trinajstić information content (AvgIpc) is 3.18. The Balaban J connectivity index is 1.68. The van der Waals surface area contributed by atoms with Gasteiger partial charge in [-0.05, 0) is 67.1 Å². The fourth-order valence-electron chi connectivity index (χ4n) is 4.18. The molecule has 2 N–H and O–H groups in total. The van der Waals surface area contributed by atoms with E-state index in [9.17, 15) is 5.11 Å². The molecule has 4 unspecified atom stereocenters. The summed E-state index contributed by atoms with van der Waals surface area (Å²) >= 11 is 0. The molecule has 0 fully saturated rings. The van der Waals surface area contributed by atoms with Crippen molar-refractivity contribution < 1.29 is 14.6 Å². The van der Waals surface area contributed by atoms with Gasteiger partial charge in [0.25, 0.3) is 0 Å². The number of rotatable bonds is 5. The number of hydrogen-bond donors (Lipinski definition) is 2. The predicted octanol–water partition coefficient (Wildman–Crippen LogP) is 5.40. The maximum atomic E-state index is 9.93. The molecule has 0 amide bonds. The first kappa shape index (κ1) is 17.8. The molecule has 142 valence electrons. The highest BCUT2D eigenvalue weighted by Gasteiger charge is 2.38. The quantitative estimate of drug-likeness (QED) is 0.696. The molecular formula is C23H27NO3. The number of fused-ring (bicyclic) bond motifs is 3. The van der Waals surface area contributed by atoms with E-state index in [2.05, 4.69) is 43.4 Å². The van der Waals surface area contributed by atoms with E-state index in [0.29, 0.717) is 17.6 Å². The molecule has 4 heteroatoms. The first-order valence-electron chi connectivity index (χ1n) is 9.71. The molecule has 0 aromatic heterocycles. The SMILES string of the molecule is CCC(C)Oc1ccc2c(c1)C1C=CCC1C(c1ccc(O)c(OC)c1)N2. The van der Waals surface area contributed by atoms with E-state index in [4.69, 9.17) is 9.47 Å². The number of anilines is 1. The molecule has 1 heterocycles. The van der Waals surface area contributed by atoms with Crippen molar-refractivity contribution in [2.75, 3.05) is 12.4 Å². The number of allylic oxidation sites excluding steroid dienone is 2. The van der Waals surface area contributed by atoms with Crippen molar-refractivity contribution in [2.45, 2.75) is 44.8 Å². The van der Waals surface area contributed by atoms with Crippen molar-refractivity contribution in [3.05, 3.63) is 59.7 Å². The Morgan fingerprint density at radius 3 is 2.85 bits per heavy atom. The highest BCUT2D eigenvalue weighted by molar-refractivity contribution is 5.62. The summed E-state index contributed by atoms with van der Waals surface area (Å²) in [6, 6.07) is 12.2. The molecule has 1 aliphatic carbocycles. The van der Waals surface area contributed by atoms with E-state index < -0.39 is 0 Å². The van der Waals surface area contributed by atoms with Crippen molar-refractivity contribution in [1.82, 2.24) is 0 Å². The Morgan fingerprint density at radius 2 is 2.07 bits per heavy atom. The second-order valence-corrected chi connectivity index (χ2v) is 7.49. The molecule has 0 bridgehead atoms.